The second-order valence-corrected chi connectivity index (χ2v) is 3.80. The van der Waals surface area contributed by atoms with E-state index < -0.39 is 0 Å². The van der Waals surface area contributed by atoms with Gasteiger partial charge in [0.05, 0.1) is 13.3 Å². The molecule has 0 radical (unpaired) electrons. The van der Waals surface area contributed by atoms with Gasteiger partial charge in [0.2, 0.25) is 0 Å². The Hall–Kier alpha value is -2.29. The summed E-state index contributed by atoms with van der Waals surface area (Å²) in [6.45, 7) is 0. The molecule has 0 bridgehead atoms. The van der Waals surface area contributed by atoms with Crippen molar-refractivity contribution in [3.63, 3.8) is 0 Å². The zero-order valence-corrected chi connectivity index (χ0v) is 9.38. The number of hydrogen-bond acceptors (Lipinski definition) is 3. The number of ether oxygens (including phenoxy) is 1. The topological polar surface area (TPSA) is 35.3 Å². The molecule has 2 aromatic carbocycles. The van der Waals surface area contributed by atoms with Gasteiger partial charge in [-0.1, -0.05) is 23.4 Å². The Morgan fingerprint density at radius 3 is 2.59 bits per heavy atom. The van der Waals surface area contributed by atoms with Gasteiger partial charge < -0.3 is 9.26 Å². The van der Waals surface area contributed by atoms with Crippen molar-refractivity contribution in [2.45, 2.75) is 0 Å². The molecule has 3 nitrogen and oxygen atoms in total. The van der Waals surface area contributed by atoms with Gasteiger partial charge in [0, 0.05) is 11.6 Å². The van der Waals surface area contributed by atoms with Gasteiger partial charge in [-0.3, -0.25) is 0 Å². The summed E-state index contributed by atoms with van der Waals surface area (Å²) in [5, 5.41) is 6.01. The molecule has 84 valence electrons. The monoisotopic (exact) mass is 225 g/mol. The molecule has 17 heavy (non-hydrogen) atoms. The van der Waals surface area contributed by atoms with Crippen molar-refractivity contribution in [1.82, 2.24) is 5.16 Å². The van der Waals surface area contributed by atoms with Crippen LogP contribution in [0.4, 0.5) is 0 Å². The first-order valence-electron chi connectivity index (χ1n) is 5.36. The Morgan fingerprint density at radius 2 is 1.82 bits per heavy atom. The maximum atomic E-state index is 5.20. The average molecular weight is 225 g/mol. The Bertz CT molecular complexity index is 644. The number of methoxy groups -OCH3 is 1. The van der Waals surface area contributed by atoms with Crippen LogP contribution in [0.25, 0.3) is 22.1 Å². The standard InChI is InChI=1S/C14H11NO2/c1-16-13-5-4-10-8-12(3-2-11(10)9-13)14-6-7-15-17-14/h2-9H,1H3. The third-order valence-corrected chi connectivity index (χ3v) is 2.77. The van der Waals surface area contributed by atoms with Gasteiger partial charge in [0.1, 0.15) is 5.75 Å². The van der Waals surface area contributed by atoms with Gasteiger partial charge in [-0.15, -0.1) is 0 Å². The first-order chi connectivity index (χ1) is 8.36. The SMILES string of the molecule is COc1ccc2cc(-c3ccno3)ccc2c1. The highest BCUT2D eigenvalue weighted by Gasteiger charge is 2.03. The molecule has 3 aromatic rings. The fourth-order valence-corrected chi connectivity index (χ4v) is 1.87. The van der Waals surface area contributed by atoms with Gasteiger partial charge in [0.15, 0.2) is 5.76 Å². The largest absolute Gasteiger partial charge is 0.497 e. The molecule has 0 saturated heterocycles. The minimum atomic E-state index is 0.780. The summed E-state index contributed by atoms with van der Waals surface area (Å²) >= 11 is 0. The van der Waals surface area contributed by atoms with Crippen LogP contribution in [-0.2, 0) is 0 Å². The van der Waals surface area contributed by atoms with Crippen LogP contribution in [0.5, 0.6) is 5.75 Å². The van der Waals surface area contributed by atoms with Crippen LogP contribution >= 0.6 is 0 Å². The third-order valence-electron chi connectivity index (χ3n) is 2.77. The number of benzene rings is 2. The Balaban J connectivity index is 2.14. The number of hydrogen-bond donors (Lipinski definition) is 0. The minimum absolute atomic E-state index is 0.780. The Morgan fingerprint density at radius 1 is 1.00 bits per heavy atom. The number of aromatic nitrogens is 1. The van der Waals surface area contributed by atoms with Crippen molar-refractivity contribution in [3.05, 3.63) is 48.7 Å². The summed E-state index contributed by atoms with van der Waals surface area (Å²) in [4.78, 5) is 0. The Labute approximate surface area is 98.6 Å². The van der Waals surface area contributed by atoms with Crippen LogP contribution in [0.3, 0.4) is 0 Å². The first-order valence-corrected chi connectivity index (χ1v) is 5.36. The van der Waals surface area contributed by atoms with E-state index in [2.05, 4.69) is 17.3 Å². The van der Waals surface area contributed by atoms with Gasteiger partial charge >= 0.3 is 0 Å². The van der Waals surface area contributed by atoms with Crippen molar-refractivity contribution >= 4 is 10.8 Å². The molecule has 3 rings (SSSR count). The molecule has 0 saturated carbocycles. The molecule has 0 spiro atoms. The fourth-order valence-electron chi connectivity index (χ4n) is 1.87. The summed E-state index contributed by atoms with van der Waals surface area (Å²) in [6, 6.07) is 14.0. The molecule has 1 aromatic heterocycles. The summed E-state index contributed by atoms with van der Waals surface area (Å²) in [5.41, 5.74) is 1.03. The third kappa shape index (κ3) is 1.76. The van der Waals surface area contributed by atoms with E-state index in [9.17, 15) is 0 Å². The van der Waals surface area contributed by atoms with E-state index in [1.165, 1.54) is 0 Å². The minimum Gasteiger partial charge on any atom is -0.497 e. The zero-order valence-electron chi connectivity index (χ0n) is 9.38. The molecular weight excluding hydrogens is 214 g/mol. The van der Waals surface area contributed by atoms with Crippen LogP contribution in [-0.4, -0.2) is 12.3 Å². The van der Waals surface area contributed by atoms with E-state index in [1.807, 2.05) is 30.3 Å². The van der Waals surface area contributed by atoms with E-state index in [0.29, 0.717) is 0 Å². The van der Waals surface area contributed by atoms with Crippen LogP contribution < -0.4 is 4.74 Å². The molecule has 0 aliphatic rings. The Kier molecular flexibility index (Phi) is 2.29. The lowest BCUT2D eigenvalue weighted by molar-refractivity contribution is 0.415. The molecule has 0 unspecified atom stereocenters. The quantitative estimate of drug-likeness (QED) is 0.669. The predicted octanol–water partition coefficient (Wildman–Crippen LogP) is 3.50. The second-order valence-electron chi connectivity index (χ2n) is 3.80. The molecule has 0 N–H and O–H groups in total. The molecule has 1 heterocycles. The smallest absolute Gasteiger partial charge is 0.166 e. The van der Waals surface area contributed by atoms with Crippen LogP contribution in [0.1, 0.15) is 0 Å². The molecule has 0 aliphatic carbocycles. The molecular formula is C14H11NO2. The normalized spacial score (nSPS) is 10.6. The van der Waals surface area contributed by atoms with Crippen molar-refractivity contribution in [1.29, 1.82) is 0 Å². The summed E-state index contributed by atoms with van der Waals surface area (Å²) < 4.78 is 10.3. The number of fused-ring (bicyclic) bond motifs is 1. The highest BCUT2D eigenvalue weighted by molar-refractivity contribution is 5.87. The lowest BCUT2D eigenvalue weighted by atomic mass is 10.1. The summed E-state index contributed by atoms with van der Waals surface area (Å²) in [5.74, 6) is 1.65. The van der Waals surface area contributed by atoms with Crippen molar-refractivity contribution < 1.29 is 9.26 Å². The predicted molar refractivity (Wildman–Crippen MR) is 66.0 cm³/mol. The van der Waals surface area contributed by atoms with Crippen molar-refractivity contribution in [3.8, 4) is 17.1 Å². The van der Waals surface area contributed by atoms with Gasteiger partial charge in [-0.2, -0.15) is 0 Å². The van der Waals surface area contributed by atoms with E-state index in [0.717, 1.165) is 27.8 Å². The van der Waals surface area contributed by atoms with Gasteiger partial charge in [-0.05, 0) is 29.0 Å². The van der Waals surface area contributed by atoms with Crippen LogP contribution in [0.2, 0.25) is 0 Å². The van der Waals surface area contributed by atoms with E-state index in [1.54, 1.807) is 13.3 Å². The number of rotatable bonds is 2. The molecule has 0 aliphatic heterocycles. The van der Waals surface area contributed by atoms with Gasteiger partial charge in [0.25, 0.3) is 0 Å². The van der Waals surface area contributed by atoms with E-state index in [-0.39, 0.29) is 0 Å². The van der Waals surface area contributed by atoms with Crippen LogP contribution in [0.15, 0.2) is 53.2 Å². The molecule has 3 heteroatoms. The first kappa shape index (κ1) is 9.90. The maximum Gasteiger partial charge on any atom is 0.166 e. The lowest BCUT2D eigenvalue weighted by Crippen LogP contribution is -1.82. The zero-order chi connectivity index (χ0) is 11.7. The summed E-state index contributed by atoms with van der Waals surface area (Å²) in [6.07, 6.45) is 1.65. The van der Waals surface area contributed by atoms with Crippen molar-refractivity contribution in [2.75, 3.05) is 7.11 Å². The van der Waals surface area contributed by atoms with Crippen LogP contribution in [0, 0.1) is 0 Å². The number of nitrogens with zero attached hydrogens (tertiary/aromatic N) is 1. The fraction of sp³-hybridized carbons (Fsp3) is 0.0714. The lowest BCUT2D eigenvalue weighted by Gasteiger charge is -2.03. The van der Waals surface area contributed by atoms with Crippen molar-refractivity contribution in [2.24, 2.45) is 0 Å². The highest BCUT2D eigenvalue weighted by Crippen LogP contribution is 2.26. The van der Waals surface area contributed by atoms with E-state index in [4.69, 9.17) is 9.26 Å². The van der Waals surface area contributed by atoms with E-state index >= 15 is 0 Å². The average Bonchev–Trinajstić information content (AvgIpc) is 2.91. The molecule has 0 atom stereocenters. The van der Waals surface area contributed by atoms with Gasteiger partial charge in [-0.25, -0.2) is 0 Å². The summed E-state index contributed by atoms with van der Waals surface area (Å²) in [7, 11) is 1.67. The molecule has 0 amide bonds. The highest BCUT2D eigenvalue weighted by atomic mass is 16.5. The molecule has 0 fully saturated rings. The maximum absolute atomic E-state index is 5.20. The second kappa shape index (κ2) is 3.94.